The molecule has 0 saturated carbocycles. The van der Waals surface area contributed by atoms with Crippen LogP contribution in [0.1, 0.15) is 6.92 Å². The van der Waals surface area contributed by atoms with Gasteiger partial charge in [-0.3, -0.25) is 10.1 Å². The predicted octanol–water partition coefficient (Wildman–Crippen LogP) is 2.19. The second-order valence-electron chi connectivity index (χ2n) is 4.31. The van der Waals surface area contributed by atoms with E-state index in [0.29, 0.717) is 19.6 Å². The van der Waals surface area contributed by atoms with Crippen LogP contribution in [0.25, 0.3) is 0 Å². The van der Waals surface area contributed by atoms with Crippen molar-refractivity contribution in [2.75, 3.05) is 24.5 Å². The van der Waals surface area contributed by atoms with Gasteiger partial charge in [0.2, 0.25) is 0 Å². The molecule has 1 N–H and O–H groups in total. The Balaban J connectivity index is 2.41. The van der Waals surface area contributed by atoms with Gasteiger partial charge in [0.05, 0.1) is 9.95 Å². The molecule has 1 unspecified atom stereocenters. The number of nitro benzene ring substituents is 1. The number of piperazine rings is 1. The standard InChI is InChI=1S/C11H13ClFN3O2/c1-7-6-15(3-2-14-7)10-5-9(13)8(12)4-11(10)16(17)18/h4-5,7,14H,2-3,6H2,1H3. The Morgan fingerprint density at radius 1 is 1.61 bits per heavy atom. The van der Waals surface area contributed by atoms with Gasteiger partial charge in [0.15, 0.2) is 0 Å². The summed E-state index contributed by atoms with van der Waals surface area (Å²) in [5.74, 6) is -0.636. The van der Waals surface area contributed by atoms with Crippen molar-refractivity contribution in [3.63, 3.8) is 0 Å². The summed E-state index contributed by atoms with van der Waals surface area (Å²) in [6, 6.07) is 2.41. The maximum atomic E-state index is 13.5. The van der Waals surface area contributed by atoms with E-state index < -0.39 is 10.7 Å². The molecule has 2 rings (SSSR count). The topological polar surface area (TPSA) is 58.4 Å². The van der Waals surface area contributed by atoms with E-state index in [4.69, 9.17) is 11.6 Å². The fraction of sp³-hybridized carbons (Fsp3) is 0.455. The van der Waals surface area contributed by atoms with E-state index in [0.717, 1.165) is 12.1 Å². The van der Waals surface area contributed by atoms with Crippen LogP contribution in [-0.2, 0) is 0 Å². The Morgan fingerprint density at radius 2 is 2.33 bits per heavy atom. The molecule has 0 radical (unpaired) electrons. The lowest BCUT2D eigenvalue weighted by molar-refractivity contribution is -0.384. The number of anilines is 1. The number of rotatable bonds is 2. The molecular formula is C11H13ClFN3O2. The average Bonchev–Trinajstić information content (AvgIpc) is 2.31. The Kier molecular flexibility index (Phi) is 3.68. The molecule has 5 nitrogen and oxygen atoms in total. The number of nitrogens with one attached hydrogen (secondary N) is 1. The van der Waals surface area contributed by atoms with Crippen molar-refractivity contribution in [1.82, 2.24) is 5.32 Å². The highest BCUT2D eigenvalue weighted by Crippen LogP contribution is 2.33. The molecule has 0 spiro atoms. The largest absolute Gasteiger partial charge is 0.363 e. The van der Waals surface area contributed by atoms with Crippen molar-refractivity contribution in [2.45, 2.75) is 13.0 Å². The first-order chi connectivity index (χ1) is 8.49. The number of hydrogen-bond donors (Lipinski definition) is 1. The smallest absolute Gasteiger partial charge is 0.294 e. The number of halogens is 2. The molecule has 98 valence electrons. The zero-order chi connectivity index (χ0) is 13.3. The van der Waals surface area contributed by atoms with Crippen LogP contribution < -0.4 is 10.2 Å². The van der Waals surface area contributed by atoms with E-state index in [1.54, 1.807) is 4.90 Å². The van der Waals surface area contributed by atoms with E-state index >= 15 is 0 Å². The van der Waals surface area contributed by atoms with Crippen LogP contribution in [0, 0.1) is 15.9 Å². The zero-order valence-corrected chi connectivity index (χ0v) is 10.6. The van der Waals surface area contributed by atoms with Gasteiger partial charge in [-0.25, -0.2) is 4.39 Å². The van der Waals surface area contributed by atoms with Gasteiger partial charge in [-0.2, -0.15) is 0 Å². The Bertz CT molecular complexity index is 484. The van der Waals surface area contributed by atoms with Crippen LogP contribution in [0.15, 0.2) is 12.1 Å². The Hall–Kier alpha value is -1.40. The van der Waals surface area contributed by atoms with E-state index in [-0.39, 0.29) is 22.4 Å². The first-order valence-electron chi connectivity index (χ1n) is 5.61. The fourth-order valence-electron chi connectivity index (χ4n) is 2.08. The molecule has 1 aliphatic rings. The molecule has 0 aromatic heterocycles. The maximum absolute atomic E-state index is 13.5. The first kappa shape index (κ1) is 13.0. The molecule has 1 aromatic carbocycles. The van der Waals surface area contributed by atoms with Crippen molar-refractivity contribution in [3.05, 3.63) is 33.1 Å². The van der Waals surface area contributed by atoms with E-state index in [1.165, 1.54) is 0 Å². The average molecular weight is 274 g/mol. The lowest BCUT2D eigenvalue weighted by atomic mass is 10.1. The molecule has 18 heavy (non-hydrogen) atoms. The summed E-state index contributed by atoms with van der Waals surface area (Å²) in [4.78, 5) is 12.3. The highest BCUT2D eigenvalue weighted by Gasteiger charge is 2.25. The van der Waals surface area contributed by atoms with Crippen molar-refractivity contribution in [1.29, 1.82) is 0 Å². The molecule has 0 amide bonds. The number of hydrogen-bond acceptors (Lipinski definition) is 4. The van der Waals surface area contributed by atoms with Crippen LogP contribution in [0.5, 0.6) is 0 Å². The van der Waals surface area contributed by atoms with E-state index in [1.807, 2.05) is 6.92 Å². The van der Waals surface area contributed by atoms with E-state index in [2.05, 4.69) is 5.32 Å². The molecule has 7 heteroatoms. The van der Waals surface area contributed by atoms with Gasteiger partial charge in [0.1, 0.15) is 11.5 Å². The minimum atomic E-state index is -0.636. The highest BCUT2D eigenvalue weighted by molar-refractivity contribution is 6.31. The first-order valence-corrected chi connectivity index (χ1v) is 5.98. The summed E-state index contributed by atoms with van der Waals surface area (Å²) in [6.45, 7) is 3.89. The van der Waals surface area contributed by atoms with Crippen LogP contribution in [-0.4, -0.2) is 30.6 Å². The Labute approximate surface area is 109 Å². The molecule has 1 heterocycles. The summed E-state index contributed by atoms with van der Waals surface area (Å²) >= 11 is 5.59. The summed E-state index contributed by atoms with van der Waals surface area (Å²) in [5, 5.41) is 14.0. The SMILES string of the molecule is CC1CN(c2cc(F)c(Cl)cc2[N+](=O)[O-])CCN1. The van der Waals surface area contributed by atoms with Gasteiger partial charge in [0, 0.05) is 37.8 Å². The van der Waals surface area contributed by atoms with Gasteiger partial charge in [0.25, 0.3) is 5.69 Å². The quantitative estimate of drug-likeness (QED) is 0.663. The van der Waals surface area contributed by atoms with E-state index in [9.17, 15) is 14.5 Å². The maximum Gasteiger partial charge on any atom is 0.294 e. The molecule has 0 aliphatic carbocycles. The van der Waals surface area contributed by atoms with Crippen LogP contribution in [0.4, 0.5) is 15.8 Å². The summed E-state index contributed by atoms with van der Waals surface area (Å²) < 4.78 is 13.5. The lowest BCUT2D eigenvalue weighted by Crippen LogP contribution is -2.49. The Morgan fingerprint density at radius 3 is 2.94 bits per heavy atom. The fourth-order valence-corrected chi connectivity index (χ4v) is 2.23. The van der Waals surface area contributed by atoms with Crippen molar-refractivity contribution in [3.8, 4) is 0 Å². The van der Waals surface area contributed by atoms with Gasteiger partial charge >= 0.3 is 0 Å². The third-order valence-corrected chi connectivity index (χ3v) is 3.21. The molecule has 1 atom stereocenters. The minimum Gasteiger partial charge on any atom is -0.363 e. The van der Waals surface area contributed by atoms with Gasteiger partial charge < -0.3 is 10.2 Å². The van der Waals surface area contributed by atoms with Crippen molar-refractivity contribution >= 4 is 23.0 Å². The highest BCUT2D eigenvalue weighted by atomic mass is 35.5. The third-order valence-electron chi connectivity index (χ3n) is 2.92. The monoisotopic (exact) mass is 273 g/mol. The van der Waals surface area contributed by atoms with Crippen LogP contribution >= 0.6 is 11.6 Å². The second-order valence-corrected chi connectivity index (χ2v) is 4.72. The molecule has 1 fully saturated rings. The normalized spacial score (nSPS) is 19.9. The van der Waals surface area contributed by atoms with Gasteiger partial charge in [-0.1, -0.05) is 11.6 Å². The lowest BCUT2D eigenvalue weighted by Gasteiger charge is -2.33. The number of nitro groups is 1. The predicted molar refractivity (Wildman–Crippen MR) is 67.7 cm³/mol. The van der Waals surface area contributed by atoms with Crippen molar-refractivity contribution in [2.24, 2.45) is 0 Å². The third kappa shape index (κ3) is 2.54. The summed E-state index contributed by atoms with van der Waals surface area (Å²) in [6.07, 6.45) is 0. The number of benzene rings is 1. The molecule has 1 aromatic rings. The molecule has 1 saturated heterocycles. The number of nitrogens with zero attached hydrogens (tertiary/aromatic N) is 2. The second kappa shape index (κ2) is 5.07. The van der Waals surface area contributed by atoms with Crippen molar-refractivity contribution < 1.29 is 9.31 Å². The zero-order valence-electron chi connectivity index (χ0n) is 9.82. The van der Waals surface area contributed by atoms with Gasteiger partial charge in [-0.15, -0.1) is 0 Å². The molecule has 1 aliphatic heterocycles. The summed E-state index contributed by atoms with van der Waals surface area (Å²) in [5.41, 5.74) is 0.130. The molecular weight excluding hydrogens is 261 g/mol. The molecule has 0 bridgehead atoms. The minimum absolute atomic E-state index is 0.157. The van der Waals surface area contributed by atoms with Crippen LogP contribution in [0.3, 0.4) is 0 Å². The summed E-state index contributed by atoms with van der Waals surface area (Å²) in [7, 11) is 0. The van der Waals surface area contributed by atoms with Gasteiger partial charge in [-0.05, 0) is 6.92 Å². The van der Waals surface area contributed by atoms with Crippen LogP contribution in [0.2, 0.25) is 5.02 Å².